The Labute approximate surface area is 81.6 Å². The summed E-state index contributed by atoms with van der Waals surface area (Å²) in [6.45, 7) is 4.30. The quantitative estimate of drug-likeness (QED) is 0.604. The molecule has 0 saturated heterocycles. The molecule has 0 heterocycles. The van der Waals surface area contributed by atoms with Crippen LogP contribution in [0.3, 0.4) is 0 Å². The molecular weight excluding hydrogens is 298 g/mol. The molecule has 1 aliphatic carbocycles. The van der Waals surface area contributed by atoms with E-state index in [1.807, 2.05) is 0 Å². The molecule has 2 heteroatoms. The molecule has 0 aliphatic heterocycles. The Morgan fingerprint density at radius 3 is 1.56 bits per heavy atom. The molecule has 0 bridgehead atoms. The Hall–Kier alpha value is 0.640. The summed E-state index contributed by atoms with van der Waals surface area (Å²) in [6.07, 6.45) is 5.64. The van der Waals surface area contributed by atoms with Crippen molar-refractivity contribution in [2.75, 3.05) is 0 Å². The van der Waals surface area contributed by atoms with Gasteiger partial charge >= 0.3 is 0 Å². The van der Waals surface area contributed by atoms with Crippen molar-refractivity contribution in [3.05, 3.63) is 23.3 Å². The van der Waals surface area contributed by atoms with Crippen molar-refractivity contribution in [1.29, 1.82) is 0 Å². The molecule has 0 amide bonds. The molecule has 0 radical (unpaired) electrons. The summed E-state index contributed by atoms with van der Waals surface area (Å²) in [5.74, 6) is 0. The Kier molecular flexibility index (Phi) is 7.43. The van der Waals surface area contributed by atoms with E-state index in [4.69, 9.17) is 0 Å². The standard InChI is InChI=1S/C7H10.ClH.Hf/c1-6-4-3-5-7(6)2;;/h4-5H,3H2,1-2H3;1H;. The van der Waals surface area contributed by atoms with Crippen LogP contribution in [0.1, 0.15) is 20.3 Å². The Morgan fingerprint density at radius 2 is 1.44 bits per heavy atom. The Balaban J connectivity index is 0. The fraction of sp³-hybridized carbons (Fsp3) is 0.429. The maximum Gasteiger partial charge on any atom is 0 e. The minimum atomic E-state index is 0. The molecule has 0 spiro atoms. The predicted molar refractivity (Wildman–Crippen MR) is 39.4 cm³/mol. The third-order valence-electron chi connectivity index (χ3n) is 1.47. The summed E-state index contributed by atoms with van der Waals surface area (Å²) in [4.78, 5) is 0. The van der Waals surface area contributed by atoms with Gasteiger partial charge in [0.15, 0.2) is 0 Å². The largest absolute Gasteiger partial charge is 0.147 e. The number of rotatable bonds is 0. The normalized spacial score (nSPS) is 14.9. The van der Waals surface area contributed by atoms with E-state index in [1.54, 1.807) is 0 Å². The van der Waals surface area contributed by atoms with Gasteiger partial charge < -0.3 is 0 Å². The van der Waals surface area contributed by atoms with Crippen molar-refractivity contribution in [3.8, 4) is 0 Å². The van der Waals surface area contributed by atoms with Crippen molar-refractivity contribution in [2.45, 2.75) is 20.3 Å². The number of halogens is 1. The molecule has 1 rings (SSSR count). The molecule has 0 N–H and O–H groups in total. The molecule has 1 aliphatic rings. The van der Waals surface area contributed by atoms with Crippen molar-refractivity contribution >= 4 is 12.4 Å². The van der Waals surface area contributed by atoms with Crippen LogP contribution in [0.2, 0.25) is 0 Å². The minimum Gasteiger partial charge on any atom is -0.147 e. The van der Waals surface area contributed by atoms with E-state index >= 15 is 0 Å². The van der Waals surface area contributed by atoms with Gasteiger partial charge in [0.05, 0.1) is 0 Å². The zero-order valence-corrected chi connectivity index (χ0v) is 10.2. The predicted octanol–water partition coefficient (Wildman–Crippen LogP) is 2.70. The summed E-state index contributed by atoms with van der Waals surface area (Å²) in [5, 5.41) is 0. The van der Waals surface area contributed by atoms with Crippen LogP contribution >= 0.6 is 12.4 Å². The van der Waals surface area contributed by atoms with Gasteiger partial charge in [0.25, 0.3) is 0 Å². The SMILES string of the molecule is CC1=CCC=C1C.Cl.[Hf]. The van der Waals surface area contributed by atoms with Crippen LogP contribution in [0.15, 0.2) is 23.3 Å². The van der Waals surface area contributed by atoms with Crippen LogP contribution in [0.4, 0.5) is 0 Å². The van der Waals surface area contributed by atoms with Gasteiger partial charge in [-0.25, -0.2) is 0 Å². The first-order chi connectivity index (χ1) is 3.30. The first-order valence-electron chi connectivity index (χ1n) is 2.64. The molecular formula is C7H11ClHf. The van der Waals surface area contributed by atoms with Gasteiger partial charge in [0.2, 0.25) is 0 Å². The van der Waals surface area contributed by atoms with E-state index in [0.717, 1.165) is 6.42 Å². The van der Waals surface area contributed by atoms with Gasteiger partial charge in [0.1, 0.15) is 0 Å². The maximum atomic E-state index is 2.25. The average Bonchev–Trinajstić information content (AvgIpc) is 1.91. The topological polar surface area (TPSA) is 0 Å². The van der Waals surface area contributed by atoms with E-state index < -0.39 is 0 Å². The van der Waals surface area contributed by atoms with E-state index in [1.165, 1.54) is 11.1 Å². The number of hydrogen-bond donors (Lipinski definition) is 0. The fourth-order valence-corrected chi connectivity index (χ4v) is 0.734. The van der Waals surface area contributed by atoms with Gasteiger partial charge in [-0.1, -0.05) is 23.3 Å². The smallest absolute Gasteiger partial charge is 0 e. The summed E-state index contributed by atoms with van der Waals surface area (Å²) in [6, 6.07) is 0. The molecule has 0 nitrogen and oxygen atoms in total. The number of allylic oxidation sites excluding steroid dienone is 4. The van der Waals surface area contributed by atoms with Crippen LogP contribution in [-0.2, 0) is 25.8 Å². The van der Waals surface area contributed by atoms with Crippen LogP contribution < -0.4 is 0 Å². The molecule has 9 heavy (non-hydrogen) atoms. The third-order valence-corrected chi connectivity index (χ3v) is 1.47. The number of hydrogen-bond acceptors (Lipinski definition) is 0. The molecule has 0 aromatic rings. The summed E-state index contributed by atoms with van der Waals surface area (Å²) in [5.41, 5.74) is 2.89. The first kappa shape index (κ1) is 12.3. The second-order valence-corrected chi connectivity index (χ2v) is 2.01. The van der Waals surface area contributed by atoms with E-state index in [9.17, 15) is 0 Å². The molecule has 0 fully saturated rings. The van der Waals surface area contributed by atoms with Crippen LogP contribution in [-0.4, -0.2) is 0 Å². The van der Waals surface area contributed by atoms with E-state index in [-0.39, 0.29) is 38.3 Å². The minimum absolute atomic E-state index is 0. The van der Waals surface area contributed by atoms with E-state index in [0.29, 0.717) is 0 Å². The van der Waals surface area contributed by atoms with Gasteiger partial charge in [-0.2, -0.15) is 0 Å². The molecule has 0 unspecified atom stereocenters. The fourth-order valence-electron chi connectivity index (χ4n) is 0.734. The van der Waals surface area contributed by atoms with Crippen molar-refractivity contribution < 1.29 is 25.8 Å². The first-order valence-corrected chi connectivity index (χ1v) is 2.64. The Morgan fingerprint density at radius 1 is 1.11 bits per heavy atom. The molecule has 50 valence electrons. The summed E-state index contributed by atoms with van der Waals surface area (Å²) < 4.78 is 0. The zero-order valence-electron chi connectivity index (χ0n) is 5.77. The van der Waals surface area contributed by atoms with Gasteiger partial charge in [-0.15, -0.1) is 12.4 Å². The van der Waals surface area contributed by atoms with Crippen LogP contribution in [0.25, 0.3) is 0 Å². The van der Waals surface area contributed by atoms with Crippen molar-refractivity contribution in [2.24, 2.45) is 0 Å². The molecule has 0 aromatic heterocycles. The van der Waals surface area contributed by atoms with Crippen molar-refractivity contribution in [1.82, 2.24) is 0 Å². The van der Waals surface area contributed by atoms with Gasteiger partial charge in [-0.05, 0) is 20.3 Å². The van der Waals surface area contributed by atoms with Crippen molar-refractivity contribution in [3.63, 3.8) is 0 Å². The van der Waals surface area contributed by atoms with Crippen LogP contribution in [0, 0.1) is 0 Å². The Bertz CT molecular complexity index is 120. The summed E-state index contributed by atoms with van der Waals surface area (Å²) >= 11 is 0. The maximum absolute atomic E-state index is 2.25. The van der Waals surface area contributed by atoms with E-state index in [2.05, 4.69) is 26.0 Å². The van der Waals surface area contributed by atoms with Crippen LogP contribution in [0.5, 0.6) is 0 Å². The summed E-state index contributed by atoms with van der Waals surface area (Å²) in [7, 11) is 0. The molecule has 0 saturated carbocycles. The van der Waals surface area contributed by atoms with Gasteiger partial charge in [0, 0.05) is 25.8 Å². The van der Waals surface area contributed by atoms with Gasteiger partial charge in [-0.3, -0.25) is 0 Å². The molecule has 0 atom stereocenters. The molecule has 0 aromatic carbocycles. The second-order valence-electron chi connectivity index (χ2n) is 2.01. The average molecular weight is 309 g/mol. The second kappa shape index (κ2) is 5.43. The third kappa shape index (κ3) is 3.36. The zero-order chi connectivity index (χ0) is 5.28. The monoisotopic (exact) mass is 310 g/mol.